The van der Waals surface area contributed by atoms with Crippen molar-refractivity contribution in [3.05, 3.63) is 69.2 Å². The summed E-state index contributed by atoms with van der Waals surface area (Å²) in [7, 11) is 3.01. The lowest BCUT2D eigenvalue weighted by atomic mass is 10.1. The van der Waals surface area contributed by atoms with Gasteiger partial charge in [0.2, 0.25) is 0 Å². The first-order valence-corrected chi connectivity index (χ1v) is 10.7. The lowest BCUT2D eigenvalue weighted by molar-refractivity contribution is 0.102. The number of fused-ring (bicyclic) bond motifs is 1. The summed E-state index contributed by atoms with van der Waals surface area (Å²) in [5.74, 6) is 0.522. The molecule has 0 spiro atoms. The van der Waals surface area contributed by atoms with Crippen LogP contribution in [0.25, 0.3) is 0 Å². The van der Waals surface area contributed by atoms with Crippen molar-refractivity contribution in [2.75, 3.05) is 26.1 Å². The second kappa shape index (κ2) is 9.04. The molecule has 1 N–H and O–H groups in total. The number of hydrogen-bond acceptors (Lipinski definition) is 6. The van der Waals surface area contributed by atoms with Crippen LogP contribution in [0.15, 0.2) is 42.5 Å². The van der Waals surface area contributed by atoms with Crippen molar-refractivity contribution in [2.24, 2.45) is 0 Å². The van der Waals surface area contributed by atoms with E-state index in [1.54, 1.807) is 12.1 Å². The van der Waals surface area contributed by atoms with Gasteiger partial charge in [-0.15, -0.1) is 11.3 Å². The largest absolute Gasteiger partial charge is 0.493 e. The van der Waals surface area contributed by atoms with Crippen LogP contribution in [0.4, 0.5) is 5.13 Å². The van der Waals surface area contributed by atoms with Gasteiger partial charge in [-0.05, 0) is 17.7 Å². The van der Waals surface area contributed by atoms with E-state index in [1.165, 1.54) is 36.0 Å². The average Bonchev–Trinajstić information content (AvgIpc) is 3.15. The Hall–Kier alpha value is -2.61. The molecule has 2 heterocycles. The molecule has 1 amide bonds. The van der Waals surface area contributed by atoms with Crippen LogP contribution in [0.5, 0.6) is 11.5 Å². The summed E-state index contributed by atoms with van der Waals surface area (Å²) in [4.78, 5) is 21.0. The van der Waals surface area contributed by atoms with Crippen molar-refractivity contribution in [1.29, 1.82) is 0 Å². The molecule has 0 unspecified atom stereocenters. The SMILES string of the molecule is COc1cc(C(=O)Nc2nc3c(s2)CN(Cc2ccccc2)CC3)cc(Cl)c1OC. The van der Waals surface area contributed by atoms with Gasteiger partial charge in [0.15, 0.2) is 16.6 Å². The number of aromatic nitrogens is 1. The lowest BCUT2D eigenvalue weighted by Crippen LogP contribution is -2.29. The van der Waals surface area contributed by atoms with Crippen molar-refractivity contribution in [1.82, 2.24) is 9.88 Å². The molecule has 1 aliphatic rings. The van der Waals surface area contributed by atoms with Crippen LogP contribution in [0.3, 0.4) is 0 Å². The topological polar surface area (TPSA) is 63.7 Å². The Kier molecular flexibility index (Phi) is 6.22. The molecule has 4 rings (SSSR count). The number of carbonyl (C=O) groups is 1. The Morgan fingerprint density at radius 1 is 1.23 bits per heavy atom. The van der Waals surface area contributed by atoms with Gasteiger partial charge < -0.3 is 9.47 Å². The van der Waals surface area contributed by atoms with Crippen LogP contribution in [-0.2, 0) is 19.5 Å². The molecule has 0 bridgehead atoms. The van der Waals surface area contributed by atoms with E-state index in [1.807, 2.05) is 6.07 Å². The number of nitrogens with zero attached hydrogens (tertiary/aromatic N) is 2. The number of halogens is 1. The molecule has 0 aliphatic carbocycles. The number of amides is 1. The standard InChI is InChI=1S/C22H22ClN3O3S/c1-28-18-11-15(10-16(23)20(18)29-2)21(27)25-22-24-17-8-9-26(13-19(17)30-22)12-14-6-4-3-5-7-14/h3-7,10-11H,8-9,12-13H2,1-2H3,(H,24,25,27). The fourth-order valence-corrected chi connectivity index (χ4v) is 4.83. The highest BCUT2D eigenvalue weighted by Gasteiger charge is 2.22. The Balaban J connectivity index is 1.46. The fourth-order valence-electron chi connectivity index (χ4n) is 3.50. The van der Waals surface area contributed by atoms with E-state index in [9.17, 15) is 4.79 Å². The third-order valence-corrected chi connectivity index (χ3v) is 6.25. The predicted octanol–water partition coefficient (Wildman–Crippen LogP) is 4.62. The number of ether oxygens (including phenoxy) is 2. The first-order valence-electron chi connectivity index (χ1n) is 9.55. The van der Waals surface area contributed by atoms with Crippen molar-refractivity contribution >= 4 is 34.0 Å². The summed E-state index contributed by atoms with van der Waals surface area (Å²) in [5, 5.41) is 3.80. The highest BCUT2D eigenvalue weighted by atomic mass is 35.5. The van der Waals surface area contributed by atoms with E-state index >= 15 is 0 Å². The number of benzene rings is 2. The smallest absolute Gasteiger partial charge is 0.257 e. The van der Waals surface area contributed by atoms with Crippen LogP contribution in [-0.4, -0.2) is 36.6 Å². The van der Waals surface area contributed by atoms with E-state index in [4.69, 9.17) is 21.1 Å². The molecule has 156 valence electrons. The monoisotopic (exact) mass is 443 g/mol. The molecule has 1 aromatic heterocycles. The normalized spacial score (nSPS) is 13.6. The Labute approximate surface area is 184 Å². The molecule has 0 atom stereocenters. The Bertz CT molecular complexity index is 1060. The second-order valence-electron chi connectivity index (χ2n) is 6.98. The van der Waals surface area contributed by atoms with Crippen molar-refractivity contribution < 1.29 is 14.3 Å². The summed E-state index contributed by atoms with van der Waals surface area (Å²) in [5.41, 5.74) is 2.74. The minimum absolute atomic E-state index is 0.287. The summed E-state index contributed by atoms with van der Waals surface area (Å²) in [6.07, 6.45) is 0.872. The number of carbonyl (C=O) groups excluding carboxylic acids is 1. The van der Waals surface area contributed by atoms with Gasteiger partial charge in [-0.3, -0.25) is 15.0 Å². The minimum Gasteiger partial charge on any atom is -0.493 e. The third-order valence-electron chi connectivity index (χ3n) is 4.98. The number of hydrogen-bond donors (Lipinski definition) is 1. The maximum Gasteiger partial charge on any atom is 0.257 e. The predicted molar refractivity (Wildman–Crippen MR) is 119 cm³/mol. The maximum absolute atomic E-state index is 12.7. The number of anilines is 1. The zero-order valence-corrected chi connectivity index (χ0v) is 18.3. The molecule has 3 aromatic rings. The molecular weight excluding hydrogens is 422 g/mol. The van der Waals surface area contributed by atoms with Gasteiger partial charge in [-0.2, -0.15) is 0 Å². The van der Waals surface area contributed by atoms with Gasteiger partial charge in [-0.1, -0.05) is 41.9 Å². The minimum atomic E-state index is -0.287. The van der Waals surface area contributed by atoms with Gasteiger partial charge in [0, 0.05) is 36.5 Å². The summed E-state index contributed by atoms with van der Waals surface area (Å²) in [6.45, 7) is 2.69. The van der Waals surface area contributed by atoms with Crippen molar-refractivity contribution in [2.45, 2.75) is 19.5 Å². The fraction of sp³-hybridized carbons (Fsp3) is 0.273. The average molecular weight is 444 g/mol. The molecule has 1 aliphatic heterocycles. The van der Waals surface area contributed by atoms with Gasteiger partial charge in [0.05, 0.1) is 24.9 Å². The van der Waals surface area contributed by atoms with Crippen LogP contribution in [0, 0.1) is 0 Å². The number of nitrogens with one attached hydrogen (secondary N) is 1. The molecule has 30 heavy (non-hydrogen) atoms. The van der Waals surface area contributed by atoms with Crippen LogP contribution < -0.4 is 14.8 Å². The quantitative estimate of drug-likeness (QED) is 0.602. The highest BCUT2D eigenvalue weighted by Crippen LogP contribution is 2.36. The zero-order chi connectivity index (χ0) is 21.1. The molecule has 8 heteroatoms. The van der Waals surface area contributed by atoms with Crippen LogP contribution in [0.2, 0.25) is 5.02 Å². The summed E-state index contributed by atoms with van der Waals surface area (Å²) < 4.78 is 10.5. The number of methoxy groups -OCH3 is 2. The Morgan fingerprint density at radius 2 is 2.03 bits per heavy atom. The summed E-state index contributed by atoms with van der Waals surface area (Å²) >= 11 is 7.74. The molecular formula is C22H22ClN3O3S. The first-order chi connectivity index (χ1) is 14.6. The number of rotatable bonds is 6. The van der Waals surface area contributed by atoms with Gasteiger partial charge in [0.1, 0.15) is 0 Å². The third kappa shape index (κ3) is 4.43. The summed E-state index contributed by atoms with van der Waals surface area (Å²) in [6, 6.07) is 13.6. The van der Waals surface area contributed by atoms with E-state index in [2.05, 4.69) is 39.5 Å². The first kappa shape index (κ1) is 20.7. The highest BCUT2D eigenvalue weighted by molar-refractivity contribution is 7.15. The van der Waals surface area contributed by atoms with Gasteiger partial charge in [0.25, 0.3) is 5.91 Å². The second-order valence-corrected chi connectivity index (χ2v) is 8.47. The van der Waals surface area contributed by atoms with Gasteiger partial charge >= 0.3 is 0 Å². The molecule has 0 fully saturated rings. The number of thiazole rings is 1. The van der Waals surface area contributed by atoms with Crippen LogP contribution in [0.1, 0.15) is 26.5 Å². The molecule has 0 saturated heterocycles. The Morgan fingerprint density at radius 3 is 2.77 bits per heavy atom. The van der Waals surface area contributed by atoms with Crippen molar-refractivity contribution in [3.8, 4) is 11.5 Å². The maximum atomic E-state index is 12.7. The van der Waals surface area contributed by atoms with Crippen molar-refractivity contribution in [3.63, 3.8) is 0 Å². The molecule has 2 aromatic carbocycles. The molecule has 6 nitrogen and oxygen atoms in total. The molecule has 0 radical (unpaired) electrons. The molecule has 0 saturated carbocycles. The van der Waals surface area contributed by atoms with Crippen LogP contribution >= 0.6 is 22.9 Å². The van der Waals surface area contributed by atoms with Gasteiger partial charge in [-0.25, -0.2) is 4.98 Å². The van der Waals surface area contributed by atoms with E-state index in [0.717, 1.165) is 31.7 Å². The lowest BCUT2D eigenvalue weighted by Gasteiger charge is -2.25. The van der Waals surface area contributed by atoms with E-state index < -0.39 is 0 Å². The van der Waals surface area contributed by atoms with E-state index in [-0.39, 0.29) is 5.91 Å². The van der Waals surface area contributed by atoms with E-state index in [0.29, 0.717) is 27.2 Å². The zero-order valence-electron chi connectivity index (χ0n) is 16.8.